The average molecular weight is 291 g/mol. The minimum absolute atomic E-state index is 0.0582. The Hall–Kier alpha value is -1.82. The SMILES string of the molecule is COc1cc(NCC2CCN(C3CC3)C2)cc([N+](=O)[O-])c1. The van der Waals surface area contributed by atoms with Crippen LogP contribution in [0.1, 0.15) is 19.3 Å². The number of ether oxygens (including phenoxy) is 1. The normalized spacial score (nSPS) is 22.2. The van der Waals surface area contributed by atoms with Crippen LogP contribution in [0.25, 0.3) is 0 Å². The van der Waals surface area contributed by atoms with Gasteiger partial charge in [-0.05, 0) is 31.7 Å². The van der Waals surface area contributed by atoms with E-state index in [0.29, 0.717) is 11.7 Å². The van der Waals surface area contributed by atoms with E-state index < -0.39 is 4.92 Å². The van der Waals surface area contributed by atoms with Gasteiger partial charge in [-0.15, -0.1) is 0 Å². The zero-order valence-corrected chi connectivity index (χ0v) is 12.2. The van der Waals surface area contributed by atoms with Gasteiger partial charge in [0, 0.05) is 37.0 Å². The van der Waals surface area contributed by atoms with Crippen LogP contribution in [0.4, 0.5) is 11.4 Å². The lowest BCUT2D eigenvalue weighted by atomic mass is 10.1. The first-order valence-corrected chi connectivity index (χ1v) is 7.47. The fraction of sp³-hybridized carbons (Fsp3) is 0.600. The van der Waals surface area contributed by atoms with Crippen LogP contribution in [0.2, 0.25) is 0 Å². The van der Waals surface area contributed by atoms with Crippen molar-refractivity contribution in [3.8, 4) is 5.75 Å². The van der Waals surface area contributed by atoms with E-state index in [0.717, 1.165) is 24.8 Å². The van der Waals surface area contributed by atoms with Gasteiger partial charge >= 0.3 is 0 Å². The molecule has 6 nitrogen and oxygen atoms in total. The Kier molecular flexibility index (Phi) is 3.96. The molecule has 21 heavy (non-hydrogen) atoms. The van der Waals surface area contributed by atoms with Crippen LogP contribution >= 0.6 is 0 Å². The molecule has 2 aliphatic rings. The highest BCUT2D eigenvalue weighted by molar-refractivity contribution is 5.56. The average Bonchev–Trinajstić information content (AvgIpc) is 3.23. The standard InChI is InChI=1S/C15H21N3O3/c1-21-15-7-12(6-14(8-15)18(19)20)16-9-11-4-5-17(10-11)13-2-3-13/h6-8,11,13,16H,2-5,9-10H2,1H3. The summed E-state index contributed by atoms with van der Waals surface area (Å²) in [7, 11) is 1.52. The molecule has 1 heterocycles. The van der Waals surface area contributed by atoms with Gasteiger partial charge in [-0.2, -0.15) is 0 Å². The number of hydrogen-bond acceptors (Lipinski definition) is 5. The van der Waals surface area contributed by atoms with Gasteiger partial charge in [-0.1, -0.05) is 0 Å². The maximum Gasteiger partial charge on any atom is 0.275 e. The second-order valence-corrected chi connectivity index (χ2v) is 5.94. The predicted octanol–water partition coefficient (Wildman–Crippen LogP) is 2.50. The van der Waals surface area contributed by atoms with Crippen LogP contribution in [-0.2, 0) is 0 Å². The van der Waals surface area contributed by atoms with E-state index in [1.807, 2.05) is 0 Å². The van der Waals surface area contributed by atoms with Crippen LogP contribution in [-0.4, -0.2) is 42.6 Å². The summed E-state index contributed by atoms with van der Waals surface area (Å²) in [4.78, 5) is 13.1. The zero-order chi connectivity index (χ0) is 14.8. The maximum absolute atomic E-state index is 10.9. The van der Waals surface area contributed by atoms with E-state index in [9.17, 15) is 10.1 Å². The third-order valence-electron chi connectivity index (χ3n) is 4.31. The second kappa shape index (κ2) is 5.89. The minimum Gasteiger partial charge on any atom is -0.496 e. The van der Waals surface area contributed by atoms with Crippen molar-refractivity contribution in [2.75, 3.05) is 32.1 Å². The minimum atomic E-state index is -0.391. The lowest BCUT2D eigenvalue weighted by Crippen LogP contribution is -2.24. The number of rotatable bonds is 6. The largest absolute Gasteiger partial charge is 0.496 e. The van der Waals surface area contributed by atoms with Gasteiger partial charge in [-0.3, -0.25) is 10.1 Å². The van der Waals surface area contributed by atoms with Crippen LogP contribution < -0.4 is 10.1 Å². The summed E-state index contributed by atoms with van der Waals surface area (Å²) in [5.74, 6) is 1.13. The Morgan fingerprint density at radius 3 is 2.86 bits per heavy atom. The first kappa shape index (κ1) is 14.1. The van der Waals surface area contributed by atoms with Gasteiger partial charge < -0.3 is 15.0 Å². The molecule has 6 heteroatoms. The molecule has 0 aromatic heterocycles. The van der Waals surface area contributed by atoms with E-state index in [1.54, 1.807) is 12.1 Å². The van der Waals surface area contributed by atoms with Gasteiger partial charge in [-0.25, -0.2) is 0 Å². The van der Waals surface area contributed by atoms with Crippen molar-refractivity contribution in [2.24, 2.45) is 5.92 Å². The topological polar surface area (TPSA) is 67.6 Å². The van der Waals surface area contributed by atoms with Gasteiger partial charge in [0.1, 0.15) is 5.75 Å². The maximum atomic E-state index is 10.9. The Labute approximate surface area is 124 Å². The molecule has 0 radical (unpaired) electrons. The van der Waals surface area contributed by atoms with E-state index in [-0.39, 0.29) is 5.69 Å². The highest BCUT2D eigenvalue weighted by Crippen LogP contribution is 2.32. The van der Waals surface area contributed by atoms with Crippen LogP contribution in [0.3, 0.4) is 0 Å². The number of hydrogen-bond donors (Lipinski definition) is 1. The van der Waals surface area contributed by atoms with Crippen molar-refractivity contribution in [3.63, 3.8) is 0 Å². The van der Waals surface area contributed by atoms with E-state index in [2.05, 4.69) is 10.2 Å². The molecule has 1 aromatic rings. The summed E-state index contributed by atoms with van der Waals surface area (Å²) in [5, 5.41) is 14.2. The third-order valence-corrected chi connectivity index (χ3v) is 4.31. The van der Waals surface area contributed by atoms with Gasteiger partial charge in [0.2, 0.25) is 0 Å². The number of methoxy groups -OCH3 is 1. The molecule has 3 rings (SSSR count). The Morgan fingerprint density at radius 1 is 1.38 bits per heavy atom. The van der Waals surface area contributed by atoms with Crippen LogP contribution in [0.5, 0.6) is 5.75 Å². The molecule has 1 atom stereocenters. The first-order chi connectivity index (χ1) is 10.2. The lowest BCUT2D eigenvalue weighted by molar-refractivity contribution is -0.384. The molecule has 1 aromatic carbocycles. The van der Waals surface area contributed by atoms with Crippen molar-refractivity contribution >= 4 is 11.4 Å². The molecule has 1 N–H and O–H groups in total. The Balaban J connectivity index is 1.59. The van der Waals surface area contributed by atoms with Gasteiger partial charge in [0.15, 0.2) is 0 Å². The Bertz CT molecular complexity index is 531. The number of non-ortho nitro benzene ring substituents is 1. The van der Waals surface area contributed by atoms with Crippen LogP contribution in [0, 0.1) is 16.0 Å². The molecule has 0 spiro atoms. The molecule has 1 saturated carbocycles. The highest BCUT2D eigenvalue weighted by Gasteiger charge is 2.34. The van der Waals surface area contributed by atoms with E-state index in [1.165, 1.54) is 39.0 Å². The number of nitrogens with one attached hydrogen (secondary N) is 1. The van der Waals surface area contributed by atoms with Crippen molar-refractivity contribution in [1.29, 1.82) is 0 Å². The van der Waals surface area contributed by atoms with Crippen molar-refractivity contribution in [2.45, 2.75) is 25.3 Å². The summed E-state index contributed by atoms with van der Waals surface area (Å²) in [6.07, 6.45) is 3.90. The molecule has 1 aliphatic carbocycles. The van der Waals surface area contributed by atoms with Crippen LogP contribution in [0.15, 0.2) is 18.2 Å². The fourth-order valence-electron chi connectivity index (χ4n) is 2.97. The summed E-state index contributed by atoms with van der Waals surface area (Å²) < 4.78 is 5.12. The second-order valence-electron chi connectivity index (χ2n) is 5.94. The first-order valence-electron chi connectivity index (χ1n) is 7.47. The van der Waals surface area contributed by atoms with Gasteiger partial charge in [0.25, 0.3) is 5.69 Å². The summed E-state index contributed by atoms with van der Waals surface area (Å²) in [6, 6.07) is 5.64. The monoisotopic (exact) mass is 291 g/mol. The highest BCUT2D eigenvalue weighted by atomic mass is 16.6. The lowest BCUT2D eigenvalue weighted by Gasteiger charge is -2.16. The number of likely N-dealkylation sites (tertiary alicyclic amines) is 1. The van der Waals surface area contributed by atoms with E-state index in [4.69, 9.17) is 4.74 Å². The molecule has 0 amide bonds. The number of benzene rings is 1. The molecular formula is C15H21N3O3. The molecular weight excluding hydrogens is 270 g/mol. The van der Waals surface area contributed by atoms with Crippen molar-refractivity contribution < 1.29 is 9.66 Å². The molecule has 1 aliphatic heterocycles. The smallest absolute Gasteiger partial charge is 0.275 e. The number of nitro benzene ring substituents is 1. The zero-order valence-electron chi connectivity index (χ0n) is 12.2. The molecule has 1 unspecified atom stereocenters. The fourth-order valence-corrected chi connectivity index (χ4v) is 2.97. The van der Waals surface area contributed by atoms with E-state index >= 15 is 0 Å². The molecule has 1 saturated heterocycles. The molecule has 0 bridgehead atoms. The summed E-state index contributed by atoms with van der Waals surface area (Å²) in [6.45, 7) is 3.19. The Morgan fingerprint density at radius 2 is 2.19 bits per heavy atom. The molecule has 2 fully saturated rings. The summed E-state index contributed by atoms with van der Waals surface area (Å²) in [5.41, 5.74) is 0.814. The quantitative estimate of drug-likeness (QED) is 0.644. The summed E-state index contributed by atoms with van der Waals surface area (Å²) >= 11 is 0. The number of nitrogens with zero attached hydrogens (tertiary/aromatic N) is 2. The number of anilines is 1. The number of nitro groups is 1. The van der Waals surface area contributed by atoms with Crippen molar-refractivity contribution in [1.82, 2.24) is 4.90 Å². The molecule has 114 valence electrons. The van der Waals surface area contributed by atoms with Crippen molar-refractivity contribution in [3.05, 3.63) is 28.3 Å². The van der Waals surface area contributed by atoms with Gasteiger partial charge in [0.05, 0.1) is 18.1 Å². The predicted molar refractivity (Wildman–Crippen MR) is 80.8 cm³/mol. The third kappa shape index (κ3) is 3.44.